The molecule has 4 heteroatoms. The zero-order chi connectivity index (χ0) is 5.82. The first-order chi connectivity index (χ1) is 3.93. The summed E-state index contributed by atoms with van der Waals surface area (Å²) in [5.41, 5.74) is 5.23. The highest BCUT2D eigenvalue weighted by Crippen LogP contribution is 1.96. The highest BCUT2D eigenvalue weighted by molar-refractivity contribution is 5.83. The van der Waals surface area contributed by atoms with E-state index in [0.29, 0.717) is 13.2 Å². The summed E-state index contributed by atoms with van der Waals surface area (Å²) in [6.45, 7) is 1.10. The minimum atomic E-state index is 0.495. The number of aliphatic imine (C=N–C) groups is 1. The predicted octanol–water partition coefficient (Wildman–Crippen LogP) is 0.157. The Kier molecular flexibility index (Phi) is 1.69. The van der Waals surface area contributed by atoms with Gasteiger partial charge in [-0.15, -0.1) is 5.11 Å². The molecule has 0 aromatic carbocycles. The van der Waals surface area contributed by atoms with Gasteiger partial charge in [0.2, 0.25) is 0 Å². The second-order valence-electron chi connectivity index (χ2n) is 1.50. The number of nitrogens with two attached hydrogens (primary N) is 1. The minimum Gasteiger partial charge on any atom is -0.330 e. The van der Waals surface area contributed by atoms with Crippen molar-refractivity contribution in [2.45, 2.75) is 6.42 Å². The first kappa shape index (κ1) is 5.37. The molecule has 0 aromatic rings. The van der Waals surface area contributed by atoms with Gasteiger partial charge >= 0.3 is 0 Å². The van der Waals surface area contributed by atoms with Crippen molar-refractivity contribution in [3.63, 3.8) is 0 Å². The molecule has 0 saturated carbocycles. The van der Waals surface area contributed by atoms with E-state index in [1.54, 1.807) is 0 Å². The van der Waals surface area contributed by atoms with Crippen LogP contribution in [0.5, 0.6) is 0 Å². The third-order valence-electron chi connectivity index (χ3n) is 0.871. The summed E-state index contributed by atoms with van der Waals surface area (Å²) in [5.74, 6) is 0.785. The first-order valence-corrected chi connectivity index (χ1v) is 2.54. The van der Waals surface area contributed by atoms with Crippen molar-refractivity contribution < 1.29 is 0 Å². The van der Waals surface area contributed by atoms with Crippen molar-refractivity contribution in [2.24, 2.45) is 21.0 Å². The quantitative estimate of drug-likeness (QED) is 0.543. The second-order valence-corrected chi connectivity index (χ2v) is 1.50. The average Bonchev–Trinajstić information content (AvgIpc) is 2.19. The van der Waals surface area contributed by atoms with Crippen LogP contribution in [0.2, 0.25) is 0 Å². The van der Waals surface area contributed by atoms with Gasteiger partial charge in [0.25, 0.3) is 0 Å². The third-order valence-corrected chi connectivity index (χ3v) is 0.871. The lowest BCUT2D eigenvalue weighted by Gasteiger charge is -1.85. The van der Waals surface area contributed by atoms with Gasteiger partial charge < -0.3 is 5.73 Å². The van der Waals surface area contributed by atoms with E-state index in [2.05, 4.69) is 15.2 Å². The number of amidine groups is 1. The summed E-state index contributed by atoms with van der Waals surface area (Å²) in [6, 6.07) is 0. The van der Waals surface area contributed by atoms with Crippen LogP contribution in [0, 0.1) is 0 Å². The molecule has 0 fully saturated rings. The zero-order valence-electron chi connectivity index (χ0n) is 4.54. The van der Waals surface area contributed by atoms with Gasteiger partial charge in [0.15, 0.2) is 6.67 Å². The van der Waals surface area contributed by atoms with Crippen LogP contribution in [0.1, 0.15) is 6.42 Å². The van der Waals surface area contributed by atoms with Gasteiger partial charge in [0.1, 0.15) is 5.84 Å². The van der Waals surface area contributed by atoms with Crippen molar-refractivity contribution in [1.82, 2.24) is 0 Å². The molecule has 2 N–H and O–H groups in total. The Balaban J connectivity index is 2.34. The van der Waals surface area contributed by atoms with Crippen molar-refractivity contribution >= 4 is 5.84 Å². The van der Waals surface area contributed by atoms with Crippen LogP contribution in [0.25, 0.3) is 0 Å². The van der Waals surface area contributed by atoms with Crippen molar-refractivity contribution in [1.29, 1.82) is 0 Å². The molecule has 0 bridgehead atoms. The molecule has 0 atom stereocenters. The molecule has 0 saturated heterocycles. The topological polar surface area (TPSA) is 63.1 Å². The van der Waals surface area contributed by atoms with Crippen molar-refractivity contribution in [3.05, 3.63) is 0 Å². The van der Waals surface area contributed by atoms with Crippen LogP contribution in [0.3, 0.4) is 0 Å². The maximum absolute atomic E-state index is 5.23. The normalized spacial score (nSPS) is 16.9. The highest BCUT2D eigenvalue weighted by Gasteiger charge is 1.97. The molecule has 4 nitrogen and oxygen atoms in total. The summed E-state index contributed by atoms with van der Waals surface area (Å²) in [7, 11) is 0. The van der Waals surface area contributed by atoms with Gasteiger partial charge in [-0.2, -0.15) is 5.11 Å². The van der Waals surface area contributed by atoms with Gasteiger partial charge in [-0.25, -0.2) is 4.99 Å². The molecule has 0 radical (unpaired) electrons. The van der Waals surface area contributed by atoms with Gasteiger partial charge in [-0.05, 0) is 6.54 Å². The van der Waals surface area contributed by atoms with Crippen LogP contribution < -0.4 is 5.73 Å². The van der Waals surface area contributed by atoms with Gasteiger partial charge in [-0.3, -0.25) is 0 Å². The van der Waals surface area contributed by atoms with E-state index in [9.17, 15) is 0 Å². The Hall–Kier alpha value is -0.770. The number of hydrogen-bond acceptors (Lipinski definition) is 4. The van der Waals surface area contributed by atoms with Crippen LogP contribution in [-0.4, -0.2) is 19.0 Å². The summed E-state index contributed by atoms with van der Waals surface area (Å²) in [5, 5.41) is 7.37. The molecule has 0 aromatic heterocycles. The first-order valence-electron chi connectivity index (χ1n) is 2.54. The van der Waals surface area contributed by atoms with E-state index < -0.39 is 0 Å². The number of nitrogens with zero attached hydrogens (tertiary/aromatic N) is 3. The second kappa shape index (κ2) is 2.52. The van der Waals surface area contributed by atoms with Gasteiger partial charge in [-0.1, -0.05) is 0 Å². The largest absolute Gasteiger partial charge is 0.330 e. The van der Waals surface area contributed by atoms with Gasteiger partial charge in [0.05, 0.1) is 0 Å². The Bertz CT molecular complexity index is 126. The lowest BCUT2D eigenvalue weighted by atomic mass is 10.4. The lowest BCUT2D eigenvalue weighted by Crippen LogP contribution is -2.03. The predicted molar refractivity (Wildman–Crippen MR) is 30.8 cm³/mol. The smallest absolute Gasteiger partial charge is 0.152 e. The Labute approximate surface area is 47.5 Å². The standard InChI is InChI=1S/C4H8N4/c5-2-1-4-6-3-7-8-4/h1-3,5H2. The third kappa shape index (κ3) is 1.10. The zero-order valence-corrected chi connectivity index (χ0v) is 4.54. The van der Waals surface area contributed by atoms with Crippen LogP contribution in [-0.2, 0) is 0 Å². The molecule has 1 aliphatic heterocycles. The number of rotatable bonds is 2. The molecule has 0 spiro atoms. The van der Waals surface area contributed by atoms with Crippen molar-refractivity contribution in [3.8, 4) is 0 Å². The van der Waals surface area contributed by atoms with E-state index in [4.69, 9.17) is 5.73 Å². The molecule has 44 valence electrons. The fraction of sp³-hybridized carbons (Fsp3) is 0.750. The molecule has 0 unspecified atom stereocenters. The minimum absolute atomic E-state index is 0.495. The van der Waals surface area contributed by atoms with Crippen LogP contribution in [0.4, 0.5) is 0 Å². The summed E-state index contributed by atoms with van der Waals surface area (Å²) in [6.07, 6.45) is 0.753. The Morgan fingerprint density at radius 2 is 2.50 bits per heavy atom. The molecule has 8 heavy (non-hydrogen) atoms. The molecule has 0 aliphatic carbocycles. The molecule has 1 rings (SSSR count). The fourth-order valence-corrected chi connectivity index (χ4v) is 0.516. The molecule has 0 amide bonds. The monoisotopic (exact) mass is 112 g/mol. The summed E-state index contributed by atoms with van der Waals surface area (Å²) in [4.78, 5) is 3.93. The van der Waals surface area contributed by atoms with E-state index in [0.717, 1.165) is 12.3 Å². The Morgan fingerprint density at radius 3 is 3.00 bits per heavy atom. The molecule has 1 heterocycles. The number of hydrogen-bond donors (Lipinski definition) is 1. The van der Waals surface area contributed by atoms with Crippen molar-refractivity contribution in [2.75, 3.05) is 13.2 Å². The maximum Gasteiger partial charge on any atom is 0.152 e. The van der Waals surface area contributed by atoms with Crippen LogP contribution >= 0.6 is 0 Å². The Morgan fingerprint density at radius 1 is 1.62 bits per heavy atom. The summed E-state index contributed by atoms with van der Waals surface area (Å²) >= 11 is 0. The van der Waals surface area contributed by atoms with Gasteiger partial charge in [0, 0.05) is 6.42 Å². The van der Waals surface area contributed by atoms with E-state index in [1.807, 2.05) is 0 Å². The summed E-state index contributed by atoms with van der Waals surface area (Å²) < 4.78 is 0. The lowest BCUT2D eigenvalue weighted by molar-refractivity contribution is 1.03. The van der Waals surface area contributed by atoms with E-state index in [-0.39, 0.29) is 0 Å². The average molecular weight is 112 g/mol. The highest BCUT2D eigenvalue weighted by atomic mass is 15.2. The van der Waals surface area contributed by atoms with Crippen LogP contribution in [0.15, 0.2) is 15.2 Å². The molecular weight excluding hydrogens is 104 g/mol. The van der Waals surface area contributed by atoms with E-state index >= 15 is 0 Å². The molecular formula is C4H8N4. The maximum atomic E-state index is 5.23. The molecule has 1 aliphatic rings. The van der Waals surface area contributed by atoms with E-state index in [1.165, 1.54) is 0 Å². The fourth-order valence-electron chi connectivity index (χ4n) is 0.516. The SMILES string of the molecule is NCCC1=NCN=N1. The number of azo groups is 1.